The van der Waals surface area contributed by atoms with Crippen LogP contribution >= 0.6 is 0 Å². The first kappa shape index (κ1) is 28.4. The van der Waals surface area contributed by atoms with Gasteiger partial charge in [0.15, 0.2) is 5.60 Å². The molecule has 2 unspecified atom stereocenters. The van der Waals surface area contributed by atoms with E-state index in [1.54, 1.807) is 0 Å². The molecule has 0 saturated heterocycles. The third kappa shape index (κ3) is 12.7. The molecule has 2 atom stereocenters. The third-order valence-corrected chi connectivity index (χ3v) is 6.55. The molecular weight excluding hydrogens is 360 g/mol. The Morgan fingerprint density at radius 1 is 0.724 bits per heavy atom. The lowest BCUT2D eigenvalue weighted by atomic mass is 9.79. The van der Waals surface area contributed by atoms with Crippen LogP contribution in [0.25, 0.3) is 0 Å². The summed E-state index contributed by atoms with van der Waals surface area (Å²) in [4.78, 5) is 12.1. The van der Waals surface area contributed by atoms with Crippen molar-refractivity contribution in [3.63, 3.8) is 0 Å². The lowest BCUT2D eigenvalue weighted by Gasteiger charge is -2.36. The van der Waals surface area contributed by atoms with Gasteiger partial charge in [-0.2, -0.15) is 0 Å². The van der Waals surface area contributed by atoms with Crippen molar-refractivity contribution < 1.29 is 14.6 Å². The second kappa shape index (κ2) is 19.4. The molecule has 0 rings (SSSR count). The molecule has 0 heterocycles. The number of unbranched alkanes of at least 4 members (excludes halogenated alkanes) is 13. The molecule has 3 nitrogen and oxygen atoms in total. The normalized spacial score (nSPS) is 14.6. The first-order valence-corrected chi connectivity index (χ1v) is 13.0. The largest absolute Gasteiger partial charge is 0.479 e. The summed E-state index contributed by atoms with van der Waals surface area (Å²) >= 11 is 0. The van der Waals surface area contributed by atoms with Gasteiger partial charge in [0.05, 0.1) is 0 Å². The SMILES string of the molecule is CCCCCCCCCCCCCCCC(CC)C(CC)(OCCCC)C(=O)O. The molecular formula is C26H52O3. The summed E-state index contributed by atoms with van der Waals surface area (Å²) < 4.78 is 6.00. The Bertz CT molecular complexity index is 369. The Balaban J connectivity index is 3.96. The lowest BCUT2D eigenvalue weighted by molar-refractivity contribution is -0.177. The maximum atomic E-state index is 12.1. The number of carboxylic acids is 1. The summed E-state index contributed by atoms with van der Waals surface area (Å²) in [5.74, 6) is -0.646. The quantitative estimate of drug-likeness (QED) is 0.181. The minimum atomic E-state index is -0.985. The molecule has 3 heteroatoms. The molecule has 0 bridgehead atoms. The van der Waals surface area contributed by atoms with E-state index in [2.05, 4.69) is 20.8 Å². The van der Waals surface area contributed by atoms with Gasteiger partial charge in [-0.05, 0) is 31.6 Å². The number of rotatable bonds is 22. The summed E-state index contributed by atoms with van der Waals surface area (Å²) in [6.45, 7) is 9.03. The topological polar surface area (TPSA) is 46.5 Å². The van der Waals surface area contributed by atoms with E-state index in [1.807, 2.05) is 6.92 Å². The highest BCUT2D eigenvalue weighted by atomic mass is 16.5. The van der Waals surface area contributed by atoms with Gasteiger partial charge < -0.3 is 9.84 Å². The van der Waals surface area contributed by atoms with Crippen LogP contribution in [0, 0.1) is 5.92 Å². The average molecular weight is 413 g/mol. The molecule has 0 aromatic carbocycles. The third-order valence-electron chi connectivity index (χ3n) is 6.55. The van der Waals surface area contributed by atoms with Crippen molar-refractivity contribution in [1.29, 1.82) is 0 Å². The van der Waals surface area contributed by atoms with Crippen LogP contribution < -0.4 is 0 Å². The van der Waals surface area contributed by atoms with Crippen LogP contribution in [0.1, 0.15) is 143 Å². The Hall–Kier alpha value is -0.570. The minimum absolute atomic E-state index is 0.120. The van der Waals surface area contributed by atoms with Gasteiger partial charge >= 0.3 is 5.97 Å². The lowest BCUT2D eigenvalue weighted by Crippen LogP contribution is -2.48. The molecule has 0 fully saturated rings. The highest BCUT2D eigenvalue weighted by molar-refractivity contribution is 5.77. The fourth-order valence-electron chi connectivity index (χ4n) is 4.47. The fourth-order valence-corrected chi connectivity index (χ4v) is 4.47. The first-order valence-electron chi connectivity index (χ1n) is 13.0. The summed E-state index contributed by atoms with van der Waals surface area (Å²) in [6, 6.07) is 0. The van der Waals surface area contributed by atoms with Gasteiger partial charge in [0.25, 0.3) is 0 Å². The Labute approximate surface area is 182 Å². The van der Waals surface area contributed by atoms with E-state index in [0.29, 0.717) is 13.0 Å². The molecule has 0 aliphatic carbocycles. The molecule has 0 aliphatic rings. The maximum absolute atomic E-state index is 12.1. The zero-order valence-corrected chi connectivity index (χ0v) is 20.3. The number of ether oxygens (including phenoxy) is 1. The van der Waals surface area contributed by atoms with E-state index in [0.717, 1.165) is 32.1 Å². The number of carboxylic acid groups (broad SMARTS) is 1. The van der Waals surface area contributed by atoms with Crippen molar-refractivity contribution in [2.45, 2.75) is 149 Å². The van der Waals surface area contributed by atoms with Crippen LogP contribution in [-0.4, -0.2) is 23.3 Å². The molecule has 0 spiro atoms. The van der Waals surface area contributed by atoms with Gasteiger partial charge in [0, 0.05) is 6.61 Å². The van der Waals surface area contributed by atoms with E-state index in [1.165, 1.54) is 77.0 Å². The zero-order valence-electron chi connectivity index (χ0n) is 20.3. The van der Waals surface area contributed by atoms with Crippen molar-refractivity contribution in [3.05, 3.63) is 0 Å². The standard InChI is InChI=1S/C26H52O3/c1-5-9-11-12-13-14-15-16-17-18-19-20-21-22-24(7-3)26(8-4,25(27)28)29-23-10-6-2/h24H,5-23H2,1-4H3,(H,27,28). The van der Waals surface area contributed by atoms with E-state index in [4.69, 9.17) is 4.74 Å². The molecule has 0 saturated carbocycles. The molecule has 0 aromatic rings. The van der Waals surface area contributed by atoms with Crippen molar-refractivity contribution in [2.75, 3.05) is 6.61 Å². The van der Waals surface area contributed by atoms with Crippen LogP contribution in [0.2, 0.25) is 0 Å². The van der Waals surface area contributed by atoms with Gasteiger partial charge in [0.1, 0.15) is 0 Å². The van der Waals surface area contributed by atoms with Crippen molar-refractivity contribution in [2.24, 2.45) is 5.92 Å². The predicted octanol–water partition coefficient (Wildman–Crippen LogP) is 8.54. The Morgan fingerprint density at radius 2 is 1.17 bits per heavy atom. The van der Waals surface area contributed by atoms with Crippen LogP contribution in [-0.2, 0) is 9.53 Å². The Kier molecular flexibility index (Phi) is 19.0. The van der Waals surface area contributed by atoms with E-state index in [9.17, 15) is 9.90 Å². The zero-order chi connectivity index (χ0) is 21.8. The smallest absolute Gasteiger partial charge is 0.336 e. The molecule has 0 aromatic heterocycles. The summed E-state index contributed by atoms with van der Waals surface area (Å²) in [6.07, 6.45) is 21.9. The Morgan fingerprint density at radius 3 is 1.55 bits per heavy atom. The molecule has 0 radical (unpaired) electrons. The highest BCUT2D eigenvalue weighted by Crippen LogP contribution is 2.34. The van der Waals surface area contributed by atoms with E-state index < -0.39 is 11.6 Å². The van der Waals surface area contributed by atoms with Crippen LogP contribution in [0.5, 0.6) is 0 Å². The second-order valence-corrected chi connectivity index (χ2v) is 8.89. The van der Waals surface area contributed by atoms with Crippen molar-refractivity contribution in [1.82, 2.24) is 0 Å². The van der Waals surface area contributed by atoms with Crippen LogP contribution in [0.4, 0.5) is 0 Å². The summed E-state index contributed by atoms with van der Waals surface area (Å²) in [7, 11) is 0. The van der Waals surface area contributed by atoms with Gasteiger partial charge in [-0.1, -0.05) is 118 Å². The van der Waals surface area contributed by atoms with Gasteiger partial charge in [-0.3, -0.25) is 0 Å². The molecule has 0 amide bonds. The molecule has 174 valence electrons. The van der Waals surface area contributed by atoms with Crippen molar-refractivity contribution >= 4 is 5.97 Å². The summed E-state index contributed by atoms with van der Waals surface area (Å²) in [5.41, 5.74) is -0.985. The minimum Gasteiger partial charge on any atom is -0.479 e. The number of aliphatic carboxylic acids is 1. The van der Waals surface area contributed by atoms with Crippen LogP contribution in [0.15, 0.2) is 0 Å². The molecule has 29 heavy (non-hydrogen) atoms. The second-order valence-electron chi connectivity index (χ2n) is 8.89. The average Bonchev–Trinajstić information content (AvgIpc) is 2.72. The first-order chi connectivity index (χ1) is 14.1. The predicted molar refractivity (Wildman–Crippen MR) is 126 cm³/mol. The highest BCUT2D eigenvalue weighted by Gasteiger charge is 2.44. The number of carbonyl (C=O) groups is 1. The van der Waals surface area contributed by atoms with Gasteiger partial charge in [-0.15, -0.1) is 0 Å². The van der Waals surface area contributed by atoms with Crippen molar-refractivity contribution in [3.8, 4) is 0 Å². The van der Waals surface area contributed by atoms with E-state index >= 15 is 0 Å². The monoisotopic (exact) mass is 412 g/mol. The van der Waals surface area contributed by atoms with Crippen LogP contribution in [0.3, 0.4) is 0 Å². The number of hydrogen-bond acceptors (Lipinski definition) is 2. The van der Waals surface area contributed by atoms with E-state index in [-0.39, 0.29) is 5.92 Å². The van der Waals surface area contributed by atoms with Gasteiger partial charge in [0.2, 0.25) is 0 Å². The summed E-state index contributed by atoms with van der Waals surface area (Å²) in [5, 5.41) is 9.90. The molecule has 0 aliphatic heterocycles. The van der Waals surface area contributed by atoms with Gasteiger partial charge in [-0.25, -0.2) is 4.79 Å². The fraction of sp³-hybridized carbons (Fsp3) is 0.962. The molecule has 1 N–H and O–H groups in total. The number of hydrogen-bond donors (Lipinski definition) is 1. The maximum Gasteiger partial charge on any atom is 0.336 e.